The molecule has 0 amide bonds. The first kappa shape index (κ1) is 24.6. The number of hydrogen-bond acceptors (Lipinski definition) is 13. The second kappa shape index (κ2) is 8.84. The molecule has 0 aliphatic carbocycles. The minimum atomic E-state index is -5.74. The Morgan fingerprint density at radius 1 is 1.07 bits per heavy atom. The van der Waals surface area contributed by atoms with E-state index in [2.05, 4.69) is 33.1 Å². The third kappa shape index (κ3) is 6.95. The van der Waals surface area contributed by atoms with Crippen LogP contribution < -0.4 is 11.3 Å². The van der Waals surface area contributed by atoms with E-state index in [1.54, 1.807) is 0 Å². The van der Waals surface area contributed by atoms with Crippen LogP contribution in [-0.2, 0) is 26.8 Å². The van der Waals surface area contributed by atoms with Crippen LogP contribution in [0.15, 0.2) is 11.0 Å². The fourth-order valence-electron chi connectivity index (χ4n) is 1.85. The molecule has 2 unspecified atom stereocenters. The molecule has 0 saturated heterocycles. The predicted molar refractivity (Wildman–Crippen MR) is 93.1 cm³/mol. The highest BCUT2D eigenvalue weighted by molar-refractivity contribution is 7.66. The lowest BCUT2D eigenvalue weighted by molar-refractivity contribution is -0.0169. The fraction of sp³-hybridized carbons (Fsp3) is 0.333. The summed E-state index contributed by atoms with van der Waals surface area (Å²) in [5, 5.41) is 19.9. The van der Waals surface area contributed by atoms with Crippen molar-refractivity contribution >= 4 is 40.6 Å². The smallest absolute Gasteiger partial charge is 0.388 e. The number of nitrogens with two attached hydrogens (primary N) is 1. The number of anilines is 1. The number of phosphoric acid groups is 3. The molecule has 0 aliphatic heterocycles. The van der Waals surface area contributed by atoms with Gasteiger partial charge in [0.25, 0.3) is 5.56 Å². The highest BCUT2D eigenvalue weighted by Gasteiger charge is 2.41. The third-order valence-corrected chi connectivity index (χ3v) is 6.75. The minimum Gasteiger partial charge on any atom is -0.388 e. The van der Waals surface area contributed by atoms with Crippen LogP contribution in [0.5, 0.6) is 0 Å². The molecule has 0 saturated carbocycles. The van der Waals surface area contributed by atoms with Crippen molar-refractivity contribution in [2.45, 2.75) is 12.2 Å². The number of aliphatic hydroxyl groups is 2. The van der Waals surface area contributed by atoms with Gasteiger partial charge in [-0.1, -0.05) is 0 Å². The number of H-pyrrole nitrogens is 1. The van der Waals surface area contributed by atoms with Gasteiger partial charge in [-0.25, -0.2) is 23.7 Å². The maximum Gasteiger partial charge on any atom is 0.490 e. The summed E-state index contributed by atoms with van der Waals surface area (Å²) in [6, 6.07) is 0. The quantitative estimate of drug-likeness (QED) is 0.176. The molecular weight excluding hydrogens is 479 g/mol. The lowest BCUT2D eigenvalue weighted by Gasteiger charge is -2.20. The maximum atomic E-state index is 11.8. The maximum absolute atomic E-state index is 11.8. The van der Waals surface area contributed by atoms with Crippen molar-refractivity contribution in [2.75, 3.05) is 12.3 Å². The molecule has 0 aromatic carbocycles. The van der Waals surface area contributed by atoms with Crippen LogP contribution in [0.2, 0.25) is 0 Å². The lowest BCUT2D eigenvalue weighted by Crippen LogP contribution is -2.25. The Balaban J connectivity index is 2.08. The van der Waals surface area contributed by atoms with Gasteiger partial charge in [-0.15, -0.1) is 0 Å². The van der Waals surface area contributed by atoms with Gasteiger partial charge >= 0.3 is 23.5 Å². The number of rotatable bonds is 9. The van der Waals surface area contributed by atoms with Crippen LogP contribution in [0.1, 0.15) is 11.8 Å². The Hall–Kier alpha value is -1.65. The van der Waals surface area contributed by atoms with Crippen LogP contribution in [0.25, 0.3) is 11.2 Å². The Labute approximate surface area is 164 Å². The molecule has 0 spiro atoms. The first-order valence-corrected chi connectivity index (χ1v) is 11.8. The molecule has 0 fully saturated rings. The lowest BCUT2D eigenvalue weighted by atomic mass is 10.1. The van der Waals surface area contributed by atoms with E-state index >= 15 is 0 Å². The van der Waals surface area contributed by atoms with Crippen molar-refractivity contribution < 1.29 is 56.6 Å². The molecule has 4 atom stereocenters. The van der Waals surface area contributed by atoms with Crippen LogP contribution in [0.4, 0.5) is 5.95 Å². The Kier molecular flexibility index (Phi) is 7.25. The van der Waals surface area contributed by atoms with Gasteiger partial charge in [0.15, 0.2) is 11.2 Å². The SMILES string of the molecule is Nc1nc2ncc([C@H](O)[C@H](O)COP(=O)(O)OP(=O)(O)OP(=O)(O)O)nc2c(=O)[nH]1. The summed E-state index contributed by atoms with van der Waals surface area (Å²) in [7, 11) is -16.8. The highest BCUT2D eigenvalue weighted by atomic mass is 31.3. The first-order valence-electron chi connectivity index (χ1n) is 7.25. The average molecular weight is 493 g/mol. The van der Waals surface area contributed by atoms with Crippen molar-refractivity contribution in [3.63, 3.8) is 0 Å². The molecule has 168 valence electrons. The molecule has 21 heteroatoms. The number of nitrogens with one attached hydrogen (secondary N) is 1. The second-order valence-corrected chi connectivity index (χ2v) is 9.74. The minimum absolute atomic E-state index is 0.171. The summed E-state index contributed by atoms with van der Waals surface area (Å²) < 4.78 is 44.5. The van der Waals surface area contributed by atoms with Crippen molar-refractivity contribution in [3.8, 4) is 0 Å². The largest absolute Gasteiger partial charge is 0.490 e. The van der Waals surface area contributed by atoms with Gasteiger partial charge < -0.3 is 35.5 Å². The topological polar surface area (TPSA) is 298 Å². The standard InChI is InChI=1S/C9H14N5O13P3/c10-9-13-7-5(8(17)14-9)12-3(1-11-7)6(16)4(15)2-25-29(21,22)27-30(23,24)26-28(18,19)20/h1,4,6,15-16H,2H2,(H,21,22)(H,23,24)(H2,18,19,20)(H3,10,11,13,14,17)/t4-,6+/m1/s1. The molecule has 18 nitrogen and oxygen atoms in total. The molecular formula is C9H14N5O13P3. The number of hydrogen-bond donors (Lipinski definition) is 8. The van der Waals surface area contributed by atoms with Gasteiger partial charge in [0.1, 0.15) is 12.2 Å². The average Bonchev–Trinajstić information content (AvgIpc) is 2.55. The Morgan fingerprint density at radius 3 is 2.30 bits per heavy atom. The summed E-state index contributed by atoms with van der Waals surface area (Å²) in [5.41, 5.74) is 3.63. The number of phosphoric ester groups is 1. The molecule has 2 aromatic rings. The first-order chi connectivity index (χ1) is 13.6. The van der Waals surface area contributed by atoms with Gasteiger partial charge in [-0.3, -0.25) is 14.3 Å². The predicted octanol–water partition coefficient (Wildman–Crippen LogP) is -1.97. The molecule has 30 heavy (non-hydrogen) atoms. The highest BCUT2D eigenvalue weighted by Crippen LogP contribution is 2.66. The number of aromatic nitrogens is 4. The summed E-state index contributed by atoms with van der Waals surface area (Å²) >= 11 is 0. The molecule has 2 aromatic heterocycles. The van der Waals surface area contributed by atoms with E-state index in [-0.39, 0.29) is 22.8 Å². The van der Waals surface area contributed by atoms with Crippen molar-refractivity contribution in [3.05, 3.63) is 22.2 Å². The van der Waals surface area contributed by atoms with Crippen molar-refractivity contribution in [2.24, 2.45) is 0 Å². The van der Waals surface area contributed by atoms with E-state index in [0.717, 1.165) is 6.20 Å². The molecule has 0 aliphatic rings. The summed E-state index contributed by atoms with van der Waals surface area (Å²) in [4.78, 5) is 60.2. The van der Waals surface area contributed by atoms with Gasteiger partial charge in [-0.05, 0) is 0 Å². The Bertz CT molecular complexity index is 1130. The molecule has 2 heterocycles. The molecule has 0 bridgehead atoms. The normalized spacial score (nSPS) is 18.5. The van der Waals surface area contributed by atoms with Crippen molar-refractivity contribution in [1.82, 2.24) is 19.9 Å². The number of nitrogen functional groups attached to an aromatic ring is 1. The van der Waals surface area contributed by atoms with Crippen molar-refractivity contribution in [1.29, 1.82) is 0 Å². The molecule has 9 N–H and O–H groups in total. The zero-order chi connectivity index (χ0) is 22.9. The van der Waals surface area contributed by atoms with Gasteiger partial charge in [0.2, 0.25) is 5.95 Å². The Morgan fingerprint density at radius 2 is 1.70 bits per heavy atom. The van der Waals surface area contributed by atoms with E-state index in [1.807, 2.05) is 0 Å². The summed E-state index contributed by atoms with van der Waals surface area (Å²) in [6.07, 6.45) is -3.04. The second-order valence-electron chi connectivity index (χ2n) is 5.32. The molecule has 0 radical (unpaired) electrons. The van der Waals surface area contributed by atoms with E-state index < -0.39 is 47.8 Å². The van der Waals surface area contributed by atoms with E-state index in [4.69, 9.17) is 20.4 Å². The van der Waals surface area contributed by atoms with Crippen LogP contribution in [0.3, 0.4) is 0 Å². The number of aromatic amines is 1. The van der Waals surface area contributed by atoms with E-state index in [0.29, 0.717) is 0 Å². The number of nitrogens with zero attached hydrogens (tertiary/aromatic N) is 3. The zero-order valence-electron chi connectivity index (χ0n) is 14.2. The fourth-order valence-corrected chi connectivity index (χ4v) is 4.89. The molecule has 2 rings (SSSR count). The van der Waals surface area contributed by atoms with E-state index in [9.17, 15) is 33.6 Å². The third-order valence-electron chi connectivity index (χ3n) is 2.95. The zero-order valence-corrected chi connectivity index (χ0v) is 16.9. The van der Waals surface area contributed by atoms with Crippen LogP contribution in [-0.4, -0.2) is 62.4 Å². The summed E-state index contributed by atoms with van der Waals surface area (Å²) in [6.45, 7) is -1.21. The van der Waals surface area contributed by atoms with Crippen LogP contribution >= 0.6 is 23.5 Å². The number of aliphatic hydroxyl groups excluding tert-OH is 2. The van der Waals surface area contributed by atoms with E-state index in [1.165, 1.54) is 0 Å². The van der Waals surface area contributed by atoms with Gasteiger partial charge in [0.05, 0.1) is 18.5 Å². The van der Waals surface area contributed by atoms with Crippen LogP contribution in [0, 0.1) is 0 Å². The number of fused-ring (bicyclic) bond motifs is 1. The summed E-state index contributed by atoms with van der Waals surface area (Å²) in [5.74, 6) is -0.244. The monoisotopic (exact) mass is 493 g/mol. The van der Waals surface area contributed by atoms with Gasteiger partial charge in [-0.2, -0.15) is 13.6 Å². The van der Waals surface area contributed by atoms with Gasteiger partial charge in [0, 0.05) is 0 Å².